The van der Waals surface area contributed by atoms with Gasteiger partial charge in [-0.1, -0.05) is 12.1 Å². The standard InChI is InChI=1S/C20H25FN4O/c1-16(18-3-5-19(21)6-4-18)23-20(26)25-12-2-11-24(13-14-25)15-17-7-9-22-10-8-17/h3-10,16H,2,11-15H2,1H3,(H,23,26)/t16-/m1/s1. The molecule has 1 atom stereocenters. The van der Waals surface area contributed by atoms with Crippen molar-refractivity contribution in [2.45, 2.75) is 25.9 Å². The van der Waals surface area contributed by atoms with Crippen molar-refractivity contribution in [3.05, 3.63) is 65.7 Å². The van der Waals surface area contributed by atoms with Gasteiger partial charge in [0.25, 0.3) is 0 Å². The zero-order valence-electron chi connectivity index (χ0n) is 15.1. The normalized spacial score (nSPS) is 16.8. The summed E-state index contributed by atoms with van der Waals surface area (Å²) in [7, 11) is 0. The van der Waals surface area contributed by atoms with Crippen LogP contribution in [0.1, 0.15) is 30.5 Å². The van der Waals surface area contributed by atoms with E-state index in [-0.39, 0.29) is 17.9 Å². The minimum atomic E-state index is -0.269. The fourth-order valence-electron chi connectivity index (χ4n) is 3.19. The molecular formula is C20H25FN4O. The Labute approximate surface area is 153 Å². The fourth-order valence-corrected chi connectivity index (χ4v) is 3.19. The molecule has 0 spiro atoms. The van der Waals surface area contributed by atoms with Crippen LogP contribution in [-0.4, -0.2) is 47.0 Å². The van der Waals surface area contributed by atoms with Crippen LogP contribution in [0.2, 0.25) is 0 Å². The zero-order valence-corrected chi connectivity index (χ0v) is 15.1. The van der Waals surface area contributed by atoms with E-state index >= 15 is 0 Å². The predicted octanol–water partition coefficient (Wildman–Crippen LogP) is 3.20. The third-order valence-electron chi connectivity index (χ3n) is 4.74. The first-order chi connectivity index (χ1) is 12.6. The summed E-state index contributed by atoms with van der Waals surface area (Å²) in [5, 5.41) is 3.02. The highest BCUT2D eigenvalue weighted by molar-refractivity contribution is 5.74. The number of rotatable bonds is 4. The number of carbonyl (C=O) groups excluding carboxylic acids is 1. The van der Waals surface area contributed by atoms with Crippen LogP contribution in [0.3, 0.4) is 0 Å². The van der Waals surface area contributed by atoms with Gasteiger partial charge in [0, 0.05) is 45.1 Å². The molecule has 2 heterocycles. The molecule has 1 aromatic carbocycles. The second kappa shape index (κ2) is 8.76. The van der Waals surface area contributed by atoms with Crippen molar-refractivity contribution in [1.29, 1.82) is 0 Å². The van der Waals surface area contributed by atoms with Crippen LogP contribution in [0.4, 0.5) is 9.18 Å². The summed E-state index contributed by atoms with van der Waals surface area (Å²) >= 11 is 0. The smallest absolute Gasteiger partial charge is 0.317 e. The van der Waals surface area contributed by atoms with E-state index in [1.54, 1.807) is 12.1 Å². The van der Waals surface area contributed by atoms with Gasteiger partial charge in [0.1, 0.15) is 5.82 Å². The van der Waals surface area contributed by atoms with Crippen molar-refractivity contribution in [3.63, 3.8) is 0 Å². The monoisotopic (exact) mass is 356 g/mol. The first kappa shape index (κ1) is 18.3. The van der Waals surface area contributed by atoms with Crippen LogP contribution in [0.25, 0.3) is 0 Å². The van der Waals surface area contributed by atoms with Crippen LogP contribution < -0.4 is 5.32 Å². The van der Waals surface area contributed by atoms with Gasteiger partial charge >= 0.3 is 6.03 Å². The van der Waals surface area contributed by atoms with E-state index in [0.717, 1.165) is 38.2 Å². The second-order valence-electron chi connectivity index (χ2n) is 6.69. The first-order valence-corrected chi connectivity index (χ1v) is 9.04. The number of pyridine rings is 1. The zero-order chi connectivity index (χ0) is 18.4. The average Bonchev–Trinajstić information content (AvgIpc) is 2.89. The van der Waals surface area contributed by atoms with Crippen molar-refractivity contribution < 1.29 is 9.18 Å². The Morgan fingerprint density at radius 1 is 1.12 bits per heavy atom. The van der Waals surface area contributed by atoms with Crippen molar-refractivity contribution in [2.75, 3.05) is 26.2 Å². The number of hydrogen-bond acceptors (Lipinski definition) is 3. The van der Waals surface area contributed by atoms with E-state index in [9.17, 15) is 9.18 Å². The molecule has 138 valence electrons. The number of hydrogen-bond donors (Lipinski definition) is 1. The van der Waals surface area contributed by atoms with Gasteiger partial charge in [-0.05, 0) is 48.7 Å². The minimum absolute atomic E-state index is 0.0624. The Balaban J connectivity index is 1.51. The summed E-state index contributed by atoms with van der Waals surface area (Å²) in [4.78, 5) is 20.9. The molecule has 0 radical (unpaired) electrons. The van der Waals surface area contributed by atoms with E-state index in [4.69, 9.17) is 0 Å². The molecule has 2 aromatic rings. The highest BCUT2D eigenvalue weighted by Crippen LogP contribution is 2.14. The molecule has 1 saturated heterocycles. The lowest BCUT2D eigenvalue weighted by molar-refractivity contribution is 0.194. The van der Waals surface area contributed by atoms with E-state index in [2.05, 4.69) is 15.2 Å². The topological polar surface area (TPSA) is 48.5 Å². The molecule has 1 N–H and O–H groups in total. The molecule has 0 bridgehead atoms. The Hall–Kier alpha value is -2.47. The summed E-state index contributed by atoms with van der Waals surface area (Å²) in [5.74, 6) is -0.269. The number of amides is 2. The second-order valence-corrected chi connectivity index (χ2v) is 6.69. The number of urea groups is 1. The maximum atomic E-state index is 13.0. The van der Waals surface area contributed by atoms with Crippen LogP contribution in [-0.2, 0) is 6.54 Å². The summed E-state index contributed by atoms with van der Waals surface area (Å²) in [6.07, 6.45) is 4.57. The van der Waals surface area contributed by atoms with Crippen molar-refractivity contribution in [1.82, 2.24) is 20.1 Å². The van der Waals surface area contributed by atoms with Gasteiger partial charge in [0.15, 0.2) is 0 Å². The van der Waals surface area contributed by atoms with Gasteiger partial charge in [0.2, 0.25) is 0 Å². The lowest BCUT2D eigenvalue weighted by atomic mass is 10.1. The minimum Gasteiger partial charge on any atom is -0.331 e. The number of benzene rings is 1. The van der Waals surface area contributed by atoms with E-state index in [0.29, 0.717) is 6.54 Å². The largest absolute Gasteiger partial charge is 0.331 e. The predicted molar refractivity (Wildman–Crippen MR) is 99.1 cm³/mol. The molecule has 1 aromatic heterocycles. The Morgan fingerprint density at radius 2 is 1.85 bits per heavy atom. The Bertz CT molecular complexity index is 708. The van der Waals surface area contributed by atoms with Crippen molar-refractivity contribution >= 4 is 6.03 Å². The van der Waals surface area contributed by atoms with Gasteiger partial charge in [-0.15, -0.1) is 0 Å². The van der Waals surface area contributed by atoms with Gasteiger partial charge in [-0.3, -0.25) is 9.88 Å². The van der Waals surface area contributed by atoms with Gasteiger partial charge in [-0.25, -0.2) is 9.18 Å². The maximum Gasteiger partial charge on any atom is 0.317 e. The molecule has 0 unspecified atom stereocenters. The van der Waals surface area contributed by atoms with Crippen LogP contribution in [0, 0.1) is 5.82 Å². The third-order valence-corrected chi connectivity index (χ3v) is 4.74. The van der Waals surface area contributed by atoms with E-state index < -0.39 is 0 Å². The van der Waals surface area contributed by atoms with Crippen LogP contribution in [0.15, 0.2) is 48.8 Å². The fraction of sp³-hybridized carbons (Fsp3) is 0.400. The Morgan fingerprint density at radius 3 is 2.58 bits per heavy atom. The van der Waals surface area contributed by atoms with Crippen molar-refractivity contribution in [3.8, 4) is 0 Å². The highest BCUT2D eigenvalue weighted by Gasteiger charge is 2.20. The number of nitrogens with one attached hydrogen (secondary N) is 1. The van der Waals surface area contributed by atoms with Gasteiger partial charge in [-0.2, -0.15) is 0 Å². The molecule has 1 fully saturated rings. The van der Waals surface area contributed by atoms with Gasteiger partial charge < -0.3 is 10.2 Å². The lowest BCUT2D eigenvalue weighted by Crippen LogP contribution is -2.42. The van der Waals surface area contributed by atoms with Crippen molar-refractivity contribution in [2.24, 2.45) is 0 Å². The molecule has 0 aliphatic carbocycles. The SMILES string of the molecule is C[C@@H](NC(=O)N1CCCN(Cc2ccncc2)CC1)c1ccc(F)cc1. The number of halogens is 1. The first-order valence-electron chi connectivity index (χ1n) is 9.04. The molecule has 5 nitrogen and oxygen atoms in total. The molecule has 2 amide bonds. The van der Waals surface area contributed by atoms with E-state index in [1.807, 2.05) is 36.4 Å². The molecule has 0 saturated carbocycles. The number of aromatic nitrogens is 1. The van der Waals surface area contributed by atoms with Crippen LogP contribution in [0.5, 0.6) is 0 Å². The summed E-state index contributed by atoms with van der Waals surface area (Å²) in [6, 6.07) is 10.1. The number of nitrogens with zero attached hydrogens (tertiary/aromatic N) is 3. The third kappa shape index (κ3) is 5.02. The molecule has 6 heteroatoms. The number of carbonyl (C=O) groups is 1. The summed E-state index contributed by atoms with van der Waals surface area (Å²) in [5.41, 5.74) is 2.14. The average molecular weight is 356 g/mol. The van der Waals surface area contributed by atoms with Gasteiger partial charge in [0.05, 0.1) is 6.04 Å². The molecule has 1 aliphatic rings. The molecule has 1 aliphatic heterocycles. The molecule has 26 heavy (non-hydrogen) atoms. The quantitative estimate of drug-likeness (QED) is 0.915. The van der Waals surface area contributed by atoms with Crippen LogP contribution >= 0.6 is 0 Å². The lowest BCUT2D eigenvalue weighted by Gasteiger charge is -2.24. The summed E-state index contributed by atoms with van der Waals surface area (Å²) < 4.78 is 13.0. The summed E-state index contributed by atoms with van der Waals surface area (Å²) in [6.45, 7) is 6.06. The molecule has 3 rings (SSSR count). The molecular weight excluding hydrogens is 331 g/mol. The Kier molecular flexibility index (Phi) is 6.17. The highest BCUT2D eigenvalue weighted by atomic mass is 19.1. The van der Waals surface area contributed by atoms with E-state index in [1.165, 1.54) is 17.7 Å². The maximum absolute atomic E-state index is 13.0.